The number of hydrogen-bond donors (Lipinski definition) is 1. The first-order chi connectivity index (χ1) is 15.1. The van der Waals surface area contributed by atoms with Crippen molar-refractivity contribution in [2.75, 3.05) is 26.9 Å². The molecule has 7 nitrogen and oxygen atoms in total. The van der Waals surface area contributed by atoms with Gasteiger partial charge in [-0.3, -0.25) is 4.79 Å². The maximum absolute atomic E-state index is 12.9. The Labute approximate surface area is 179 Å². The minimum atomic E-state index is -0.364. The molecule has 0 bridgehead atoms. The van der Waals surface area contributed by atoms with Crippen molar-refractivity contribution in [1.82, 2.24) is 9.88 Å². The van der Waals surface area contributed by atoms with E-state index in [1.54, 1.807) is 6.07 Å². The number of nitrogens with zero attached hydrogens (tertiary/aromatic N) is 1. The van der Waals surface area contributed by atoms with Crippen molar-refractivity contribution in [2.24, 2.45) is 0 Å². The molecule has 0 saturated carbocycles. The summed E-state index contributed by atoms with van der Waals surface area (Å²) in [6.45, 7) is 2.32. The Morgan fingerprint density at radius 3 is 2.81 bits per heavy atom. The number of carbonyl (C=O) groups excluding carboxylic acids is 2. The third kappa shape index (κ3) is 3.60. The highest BCUT2D eigenvalue weighted by Gasteiger charge is 2.25. The van der Waals surface area contributed by atoms with Gasteiger partial charge in [0.15, 0.2) is 11.5 Å². The smallest absolute Gasteiger partial charge is 0.339 e. The molecule has 2 aromatic carbocycles. The fraction of sp³-hybridized carbons (Fsp3) is 0.333. The molecule has 31 heavy (non-hydrogen) atoms. The number of rotatable bonds is 4. The van der Waals surface area contributed by atoms with Crippen molar-refractivity contribution >= 4 is 22.8 Å². The van der Waals surface area contributed by atoms with Crippen molar-refractivity contribution in [2.45, 2.75) is 25.8 Å². The highest BCUT2D eigenvalue weighted by atomic mass is 16.6. The Kier molecular flexibility index (Phi) is 5.02. The van der Waals surface area contributed by atoms with Gasteiger partial charge in [-0.2, -0.15) is 0 Å². The number of H-pyrrole nitrogens is 1. The molecule has 0 radical (unpaired) electrons. The monoisotopic (exact) mass is 420 g/mol. The number of methoxy groups -OCH3 is 1. The van der Waals surface area contributed by atoms with E-state index in [9.17, 15) is 9.59 Å². The number of amides is 1. The lowest BCUT2D eigenvalue weighted by atomic mass is 10.0. The van der Waals surface area contributed by atoms with Gasteiger partial charge in [-0.25, -0.2) is 4.79 Å². The van der Waals surface area contributed by atoms with E-state index in [1.165, 1.54) is 7.11 Å². The van der Waals surface area contributed by atoms with Gasteiger partial charge in [0.1, 0.15) is 13.2 Å². The van der Waals surface area contributed by atoms with E-state index in [4.69, 9.17) is 14.2 Å². The van der Waals surface area contributed by atoms with Gasteiger partial charge < -0.3 is 24.1 Å². The molecule has 0 atom stereocenters. The van der Waals surface area contributed by atoms with Gasteiger partial charge in [0, 0.05) is 42.6 Å². The summed E-state index contributed by atoms with van der Waals surface area (Å²) in [6.07, 6.45) is 1.82. The molecule has 160 valence electrons. The molecule has 1 N–H and O–H groups in total. The second kappa shape index (κ2) is 7.98. The molecular weight excluding hydrogens is 396 g/mol. The molecule has 3 heterocycles. The van der Waals surface area contributed by atoms with Gasteiger partial charge in [-0.15, -0.1) is 0 Å². The summed E-state index contributed by atoms with van der Waals surface area (Å²) in [4.78, 5) is 30.3. The van der Waals surface area contributed by atoms with E-state index in [0.29, 0.717) is 44.7 Å². The largest absolute Gasteiger partial charge is 0.486 e. The highest BCUT2D eigenvalue weighted by molar-refractivity contribution is 6.04. The zero-order valence-electron chi connectivity index (χ0n) is 17.4. The molecule has 0 unspecified atom stereocenters. The molecule has 0 aliphatic carbocycles. The van der Waals surface area contributed by atoms with E-state index in [1.807, 2.05) is 35.2 Å². The Morgan fingerprint density at radius 1 is 1.13 bits per heavy atom. The third-order valence-corrected chi connectivity index (χ3v) is 6.00. The van der Waals surface area contributed by atoms with Crippen molar-refractivity contribution < 1.29 is 23.8 Å². The number of carbonyl (C=O) groups is 2. The van der Waals surface area contributed by atoms with Crippen LogP contribution in [0.2, 0.25) is 0 Å². The maximum Gasteiger partial charge on any atom is 0.339 e. The second-order valence-electron chi connectivity index (χ2n) is 7.85. The predicted octanol–water partition coefficient (Wildman–Crippen LogP) is 3.24. The lowest BCUT2D eigenvalue weighted by Gasteiger charge is -2.27. The Morgan fingerprint density at radius 2 is 1.97 bits per heavy atom. The van der Waals surface area contributed by atoms with E-state index in [-0.39, 0.29) is 11.9 Å². The van der Waals surface area contributed by atoms with Crippen LogP contribution in [0.25, 0.3) is 10.9 Å². The molecule has 3 aromatic rings. The highest BCUT2D eigenvalue weighted by Crippen LogP contribution is 2.32. The number of esters is 1. The molecule has 0 spiro atoms. The van der Waals surface area contributed by atoms with Gasteiger partial charge in [0.25, 0.3) is 0 Å². The van der Waals surface area contributed by atoms with Crippen LogP contribution in [0.1, 0.15) is 33.6 Å². The van der Waals surface area contributed by atoms with Crippen LogP contribution in [-0.4, -0.2) is 48.6 Å². The topological polar surface area (TPSA) is 80.9 Å². The number of hydrogen-bond acceptors (Lipinski definition) is 5. The first-order valence-corrected chi connectivity index (χ1v) is 10.5. The quantitative estimate of drug-likeness (QED) is 0.656. The SMILES string of the molecule is COC(=O)c1cccc2c3c([nH]c12)CCN(C(=O)CCc1ccc2c(c1)OCCO2)C3. The fourth-order valence-corrected chi connectivity index (χ4v) is 4.38. The van der Waals surface area contributed by atoms with Gasteiger partial charge >= 0.3 is 5.97 Å². The standard InChI is InChI=1S/C24H24N2O5/c1-29-24(28)17-4-2-3-16-18-14-26(10-9-19(18)25-23(16)17)22(27)8-6-15-5-7-20-21(13-15)31-12-11-30-20/h2-5,7,13,25H,6,8-12,14H2,1H3. The Hall–Kier alpha value is -3.48. The maximum atomic E-state index is 12.9. The summed E-state index contributed by atoms with van der Waals surface area (Å²) in [5.74, 6) is 1.27. The van der Waals surface area contributed by atoms with Crippen LogP contribution in [-0.2, 0) is 28.9 Å². The molecule has 0 saturated heterocycles. The number of benzene rings is 2. The van der Waals surface area contributed by atoms with E-state index < -0.39 is 0 Å². The summed E-state index contributed by atoms with van der Waals surface area (Å²) in [5, 5.41) is 0.974. The normalized spacial score (nSPS) is 14.9. The molecule has 2 aliphatic heterocycles. The number of nitrogens with one attached hydrogen (secondary N) is 1. The van der Waals surface area contributed by atoms with E-state index >= 15 is 0 Å². The summed E-state index contributed by atoms with van der Waals surface area (Å²) < 4.78 is 16.1. The van der Waals surface area contributed by atoms with Crippen molar-refractivity contribution in [3.8, 4) is 11.5 Å². The minimum Gasteiger partial charge on any atom is -0.486 e. The summed E-state index contributed by atoms with van der Waals surface area (Å²) >= 11 is 0. The van der Waals surface area contributed by atoms with Crippen molar-refractivity contribution in [3.05, 3.63) is 58.8 Å². The lowest BCUT2D eigenvalue weighted by Crippen LogP contribution is -2.35. The first kappa shape index (κ1) is 19.5. The van der Waals surface area contributed by atoms with E-state index in [2.05, 4.69) is 4.98 Å². The summed E-state index contributed by atoms with van der Waals surface area (Å²) in [7, 11) is 1.38. The first-order valence-electron chi connectivity index (χ1n) is 10.5. The van der Waals surface area contributed by atoms with Crippen LogP contribution < -0.4 is 9.47 Å². The molecule has 1 aromatic heterocycles. The summed E-state index contributed by atoms with van der Waals surface area (Å²) in [6, 6.07) is 11.5. The van der Waals surface area contributed by atoms with Crippen LogP contribution in [0.5, 0.6) is 11.5 Å². The number of ether oxygens (including phenoxy) is 3. The molecular formula is C24H24N2O5. The van der Waals surface area contributed by atoms with E-state index in [0.717, 1.165) is 45.6 Å². The van der Waals surface area contributed by atoms with Crippen molar-refractivity contribution in [1.29, 1.82) is 0 Å². The van der Waals surface area contributed by atoms with Gasteiger partial charge in [0.05, 0.1) is 18.2 Å². The van der Waals surface area contributed by atoms with Crippen LogP contribution in [0.3, 0.4) is 0 Å². The fourth-order valence-electron chi connectivity index (χ4n) is 4.38. The van der Waals surface area contributed by atoms with Gasteiger partial charge in [-0.05, 0) is 30.2 Å². The van der Waals surface area contributed by atoms with Crippen LogP contribution in [0, 0.1) is 0 Å². The summed E-state index contributed by atoms with van der Waals surface area (Å²) in [5.41, 5.74) is 4.53. The molecule has 2 aliphatic rings. The minimum absolute atomic E-state index is 0.124. The number of fused-ring (bicyclic) bond motifs is 4. The van der Waals surface area contributed by atoms with Crippen LogP contribution in [0.4, 0.5) is 0 Å². The number of aromatic nitrogens is 1. The molecule has 0 fully saturated rings. The number of aromatic amines is 1. The number of aryl methyl sites for hydroxylation is 1. The molecule has 1 amide bonds. The number of para-hydroxylation sites is 1. The van der Waals surface area contributed by atoms with Crippen molar-refractivity contribution in [3.63, 3.8) is 0 Å². The lowest BCUT2D eigenvalue weighted by molar-refractivity contribution is -0.132. The molecule has 7 heteroatoms. The Bertz CT molecular complexity index is 1170. The van der Waals surface area contributed by atoms with Crippen LogP contribution >= 0.6 is 0 Å². The van der Waals surface area contributed by atoms with Crippen LogP contribution in [0.15, 0.2) is 36.4 Å². The molecule has 5 rings (SSSR count). The zero-order chi connectivity index (χ0) is 21.4. The third-order valence-electron chi connectivity index (χ3n) is 6.00. The average Bonchev–Trinajstić information content (AvgIpc) is 3.20. The van der Waals surface area contributed by atoms with Gasteiger partial charge in [0.2, 0.25) is 5.91 Å². The second-order valence-corrected chi connectivity index (χ2v) is 7.85. The average molecular weight is 420 g/mol. The zero-order valence-corrected chi connectivity index (χ0v) is 17.4. The predicted molar refractivity (Wildman–Crippen MR) is 115 cm³/mol. The van der Waals surface area contributed by atoms with Gasteiger partial charge in [-0.1, -0.05) is 18.2 Å². The Balaban J connectivity index is 1.30.